The lowest BCUT2D eigenvalue weighted by molar-refractivity contribution is 0.416. The van der Waals surface area contributed by atoms with Crippen LogP contribution in [0.25, 0.3) is 11.3 Å². The van der Waals surface area contributed by atoms with Crippen molar-refractivity contribution in [1.82, 2.24) is 4.57 Å². The average Bonchev–Trinajstić information content (AvgIpc) is 2.99. The van der Waals surface area contributed by atoms with Crippen molar-refractivity contribution in [2.24, 2.45) is 4.99 Å². The fourth-order valence-corrected chi connectivity index (χ4v) is 3.32. The molecule has 0 aliphatic carbocycles. The van der Waals surface area contributed by atoms with Gasteiger partial charge in [-0.25, -0.2) is 4.99 Å². The highest BCUT2D eigenvalue weighted by Crippen LogP contribution is 2.26. The Bertz CT molecular complexity index is 862. The molecule has 116 valence electrons. The minimum absolute atomic E-state index is 0.710. The predicted octanol–water partition coefficient (Wildman–Crippen LogP) is 4.64. The van der Waals surface area contributed by atoms with E-state index in [-0.39, 0.29) is 0 Å². The van der Waals surface area contributed by atoms with Gasteiger partial charge in [0.15, 0.2) is 4.80 Å². The van der Waals surface area contributed by atoms with E-state index in [0.29, 0.717) is 6.54 Å². The smallest absolute Gasteiger partial charge is 0.190 e. The number of allylic oxidation sites excluding steroid dienone is 1. The summed E-state index contributed by atoms with van der Waals surface area (Å²) in [4.78, 5) is 5.71. The van der Waals surface area contributed by atoms with E-state index in [2.05, 4.69) is 28.7 Å². The fraction of sp³-hybridized carbons (Fsp3) is 0.105. The first kappa shape index (κ1) is 15.3. The topological polar surface area (TPSA) is 26.5 Å². The van der Waals surface area contributed by atoms with Gasteiger partial charge in [-0.05, 0) is 17.7 Å². The van der Waals surface area contributed by atoms with Crippen LogP contribution in [0.4, 0.5) is 5.69 Å². The van der Waals surface area contributed by atoms with Gasteiger partial charge in [-0.1, -0.05) is 48.5 Å². The monoisotopic (exact) mass is 322 g/mol. The Morgan fingerprint density at radius 3 is 2.61 bits per heavy atom. The Kier molecular flexibility index (Phi) is 4.74. The van der Waals surface area contributed by atoms with Crippen molar-refractivity contribution < 1.29 is 4.74 Å². The SMILES string of the molecule is C=CCn1c(-c2ccccc2)csc1=Nc1ccccc1OC. The summed E-state index contributed by atoms with van der Waals surface area (Å²) in [5.41, 5.74) is 3.14. The molecule has 3 rings (SSSR count). The van der Waals surface area contributed by atoms with Gasteiger partial charge in [0.1, 0.15) is 11.4 Å². The van der Waals surface area contributed by atoms with Crippen molar-refractivity contribution >= 4 is 17.0 Å². The Morgan fingerprint density at radius 1 is 1.13 bits per heavy atom. The van der Waals surface area contributed by atoms with Crippen molar-refractivity contribution in [3.63, 3.8) is 0 Å². The fourth-order valence-electron chi connectivity index (χ4n) is 2.39. The molecule has 2 aromatic carbocycles. The van der Waals surface area contributed by atoms with E-state index in [1.165, 1.54) is 5.56 Å². The maximum absolute atomic E-state index is 5.39. The normalized spacial score (nSPS) is 11.4. The molecule has 0 bridgehead atoms. The van der Waals surface area contributed by atoms with Gasteiger partial charge < -0.3 is 9.30 Å². The first-order chi connectivity index (χ1) is 11.3. The van der Waals surface area contributed by atoms with Crippen LogP contribution >= 0.6 is 11.3 Å². The minimum atomic E-state index is 0.710. The molecule has 23 heavy (non-hydrogen) atoms. The lowest BCUT2D eigenvalue weighted by Crippen LogP contribution is -2.14. The van der Waals surface area contributed by atoms with E-state index in [1.807, 2.05) is 48.5 Å². The summed E-state index contributed by atoms with van der Waals surface area (Å²) in [5, 5.41) is 2.13. The Balaban J connectivity index is 2.15. The van der Waals surface area contributed by atoms with Crippen LogP contribution in [0, 0.1) is 0 Å². The standard InChI is InChI=1S/C19H18N2OS/c1-3-13-21-17(15-9-5-4-6-10-15)14-23-19(21)20-16-11-7-8-12-18(16)22-2/h3-12,14H,1,13H2,2H3. The molecular formula is C19H18N2OS. The molecule has 0 amide bonds. The van der Waals surface area contributed by atoms with Gasteiger partial charge in [-0.15, -0.1) is 17.9 Å². The third-order valence-electron chi connectivity index (χ3n) is 3.48. The number of thiazole rings is 1. The maximum atomic E-state index is 5.39. The number of para-hydroxylation sites is 2. The van der Waals surface area contributed by atoms with E-state index in [1.54, 1.807) is 18.4 Å². The molecule has 0 atom stereocenters. The first-order valence-corrected chi connectivity index (χ1v) is 8.24. The third-order valence-corrected chi connectivity index (χ3v) is 4.34. The number of methoxy groups -OCH3 is 1. The highest BCUT2D eigenvalue weighted by molar-refractivity contribution is 7.07. The molecule has 1 heterocycles. The quantitative estimate of drug-likeness (QED) is 0.628. The zero-order valence-corrected chi connectivity index (χ0v) is 13.8. The van der Waals surface area contributed by atoms with Gasteiger partial charge in [0.05, 0.1) is 12.8 Å². The number of benzene rings is 2. The van der Waals surface area contributed by atoms with E-state index >= 15 is 0 Å². The summed E-state index contributed by atoms with van der Waals surface area (Å²) in [6.07, 6.45) is 1.89. The molecular weight excluding hydrogens is 304 g/mol. The molecule has 0 saturated heterocycles. The molecule has 0 radical (unpaired) electrons. The Hall–Kier alpha value is -2.59. The van der Waals surface area contributed by atoms with Crippen LogP contribution in [0.1, 0.15) is 0 Å². The van der Waals surface area contributed by atoms with E-state index in [4.69, 9.17) is 9.73 Å². The van der Waals surface area contributed by atoms with Gasteiger partial charge in [0, 0.05) is 11.9 Å². The molecule has 1 aromatic heterocycles. The van der Waals surface area contributed by atoms with Gasteiger partial charge in [0.25, 0.3) is 0 Å². The highest BCUT2D eigenvalue weighted by Gasteiger charge is 2.07. The van der Waals surface area contributed by atoms with Crippen molar-refractivity contribution in [2.45, 2.75) is 6.54 Å². The van der Waals surface area contributed by atoms with Crippen LogP contribution in [0.5, 0.6) is 5.75 Å². The lowest BCUT2D eigenvalue weighted by Gasteiger charge is -2.07. The van der Waals surface area contributed by atoms with Gasteiger partial charge in [-0.3, -0.25) is 0 Å². The number of rotatable bonds is 5. The number of nitrogens with zero attached hydrogens (tertiary/aromatic N) is 2. The summed E-state index contributed by atoms with van der Waals surface area (Å²) in [7, 11) is 1.66. The van der Waals surface area contributed by atoms with E-state index < -0.39 is 0 Å². The minimum Gasteiger partial charge on any atom is -0.494 e. The average molecular weight is 322 g/mol. The predicted molar refractivity (Wildman–Crippen MR) is 96.2 cm³/mol. The van der Waals surface area contributed by atoms with Crippen molar-refractivity contribution in [3.8, 4) is 17.0 Å². The molecule has 0 fully saturated rings. The van der Waals surface area contributed by atoms with Crippen LogP contribution in [0.3, 0.4) is 0 Å². The highest BCUT2D eigenvalue weighted by atomic mass is 32.1. The molecule has 0 saturated carbocycles. The molecule has 4 heteroatoms. The second-order valence-corrected chi connectivity index (χ2v) is 5.79. The van der Waals surface area contributed by atoms with Gasteiger partial charge in [0.2, 0.25) is 0 Å². The van der Waals surface area contributed by atoms with E-state index in [0.717, 1.165) is 21.9 Å². The maximum Gasteiger partial charge on any atom is 0.190 e. The molecule has 0 aliphatic heterocycles. The summed E-state index contributed by atoms with van der Waals surface area (Å²) >= 11 is 1.62. The summed E-state index contributed by atoms with van der Waals surface area (Å²) in [6.45, 7) is 4.58. The Morgan fingerprint density at radius 2 is 1.87 bits per heavy atom. The largest absolute Gasteiger partial charge is 0.494 e. The number of hydrogen-bond donors (Lipinski definition) is 0. The molecule has 0 unspecified atom stereocenters. The van der Waals surface area contributed by atoms with E-state index in [9.17, 15) is 0 Å². The zero-order valence-electron chi connectivity index (χ0n) is 13.0. The molecule has 0 aliphatic rings. The van der Waals surface area contributed by atoms with Crippen LogP contribution in [-0.4, -0.2) is 11.7 Å². The number of hydrogen-bond acceptors (Lipinski definition) is 3. The van der Waals surface area contributed by atoms with Crippen molar-refractivity contribution in [2.75, 3.05) is 7.11 Å². The molecule has 0 N–H and O–H groups in total. The summed E-state index contributed by atoms with van der Waals surface area (Å²) < 4.78 is 7.56. The molecule has 3 aromatic rings. The van der Waals surface area contributed by atoms with Crippen LogP contribution in [0.2, 0.25) is 0 Å². The zero-order chi connectivity index (χ0) is 16.1. The second-order valence-electron chi connectivity index (χ2n) is 4.95. The van der Waals surface area contributed by atoms with Gasteiger partial charge in [-0.2, -0.15) is 0 Å². The first-order valence-electron chi connectivity index (χ1n) is 7.36. The van der Waals surface area contributed by atoms with Crippen molar-refractivity contribution in [1.29, 1.82) is 0 Å². The van der Waals surface area contributed by atoms with Crippen LogP contribution in [-0.2, 0) is 6.54 Å². The van der Waals surface area contributed by atoms with Gasteiger partial charge >= 0.3 is 0 Å². The summed E-state index contributed by atoms with van der Waals surface area (Å²) in [6, 6.07) is 18.1. The number of ether oxygens (including phenoxy) is 1. The Labute approximate surface area is 139 Å². The lowest BCUT2D eigenvalue weighted by atomic mass is 10.2. The second kappa shape index (κ2) is 7.11. The third kappa shape index (κ3) is 3.27. The van der Waals surface area contributed by atoms with Crippen LogP contribution < -0.4 is 9.54 Å². The van der Waals surface area contributed by atoms with Crippen LogP contribution in [0.15, 0.2) is 77.6 Å². The molecule has 0 spiro atoms. The summed E-state index contributed by atoms with van der Waals surface area (Å²) in [5.74, 6) is 0.771. The number of aromatic nitrogens is 1. The van der Waals surface area contributed by atoms with Crippen molar-refractivity contribution in [3.05, 3.63) is 77.4 Å². The molecule has 3 nitrogen and oxygen atoms in total.